The Labute approximate surface area is 114 Å². The Kier molecular flexibility index (Phi) is 3.62. The molecule has 0 unspecified atom stereocenters. The molecule has 92 valence electrons. The van der Waals surface area contributed by atoms with E-state index in [-0.39, 0.29) is 11.3 Å². The van der Waals surface area contributed by atoms with Crippen LogP contribution in [0.2, 0.25) is 0 Å². The zero-order valence-electron chi connectivity index (χ0n) is 10.1. The molecule has 0 aromatic heterocycles. The summed E-state index contributed by atoms with van der Waals surface area (Å²) in [5.74, 6) is -0.766. The molecule has 0 saturated carbocycles. The molecule has 18 heavy (non-hydrogen) atoms. The highest BCUT2D eigenvalue weighted by atomic mass is 79.9. The molecule has 3 heteroatoms. The Bertz CT molecular complexity index is 620. The van der Waals surface area contributed by atoms with Crippen molar-refractivity contribution in [1.29, 1.82) is 0 Å². The smallest absolute Gasteiger partial charge is 0.195 e. The topological polar surface area (TPSA) is 17.1 Å². The lowest BCUT2D eigenvalue weighted by atomic mass is 10.00. The number of aryl methyl sites for hydroxylation is 2. The molecule has 0 aliphatic carbocycles. The van der Waals surface area contributed by atoms with Crippen molar-refractivity contribution in [2.24, 2.45) is 0 Å². The number of hydrogen-bond acceptors (Lipinski definition) is 1. The van der Waals surface area contributed by atoms with Crippen molar-refractivity contribution in [3.8, 4) is 0 Å². The quantitative estimate of drug-likeness (QED) is 0.750. The molecular formula is C15H12BrFO. The third kappa shape index (κ3) is 2.51. The zero-order chi connectivity index (χ0) is 13.3. The van der Waals surface area contributed by atoms with Crippen LogP contribution in [0.4, 0.5) is 4.39 Å². The van der Waals surface area contributed by atoms with Crippen molar-refractivity contribution < 1.29 is 9.18 Å². The van der Waals surface area contributed by atoms with Crippen LogP contribution in [0, 0.1) is 19.7 Å². The first kappa shape index (κ1) is 13.0. The van der Waals surface area contributed by atoms with Crippen LogP contribution in [0.3, 0.4) is 0 Å². The fraction of sp³-hybridized carbons (Fsp3) is 0.133. The van der Waals surface area contributed by atoms with E-state index in [1.165, 1.54) is 6.07 Å². The first-order valence-corrected chi connectivity index (χ1v) is 6.35. The Morgan fingerprint density at radius 1 is 1.11 bits per heavy atom. The molecular weight excluding hydrogens is 295 g/mol. The molecule has 0 bridgehead atoms. The number of carbonyl (C=O) groups is 1. The number of ketones is 1. The number of hydrogen-bond donors (Lipinski definition) is 0. The van der Waals surface area contributed by atoms with Crippen molar-refractivity contribution in [3.63, 3.8) is 0 Å². The van der Waals surface area contributed by atoms with Crippen LogP contribution in [-0.2, 0) is 0 Å². The van der Waals surface area contributed by atoms with Crippen LogP contribution in [-0.4, -0.2) is 5.78 Å². The second-order valence-electron chi connectivity index (χ2n) is 4.28. The van der Waals surface area contributed by atoms with Gasteiger partial charge >= 0.3 is 0 Å². The van der Waals surface area contributed by atoms with Gasteiger partial charge in [0, 0.05) is 10.0 Å². The van der Waals surface area contributed by atoms with Gasteiger partial charge in [-0.1, -0.05) is 27.6 Å². The van der Waals surface area contributed by atoms with Gasteiger partial charge in [0.2, 0.25) is 0 Å². The van der Waals surface area contributed by atoms with E-state index in [1.54, 1.807) is 30.3 Å². The van der Waals surface area contributed by atoms with Crippen molar-refractivity contribution in [2.75, 3.05) is 0 Å². The van der Waals surface area contributed by atoms with Gasteiger partial charge < -0.3 is 0 Å². The van der Waals surface area contributed by atoms with E-state index in [1.807, 2.05) is 13.8 Å². The van der Waals surface area contributed by atoms with Gasteiger partial charge in [0.15, 0.2) is 5.78 Å². The normalized spacial score (nSPS) is 10.4. The fourth-order valence-electron chi connectivity index (χ4n) is 1.75. The van der Waals surface area contributed by atoms with E-state index in [0.717, 1.165) is 15.6 Å². The average Bonchev–Trinajstić information content (AvgIpc) is 2.35. The van der Waals surface area contributed by atoms with Crippen LogP contribution in [0.15, 0.2) is 40.9 Å². The van der Waals surface area contributed by atoms with Crippen molar-refractivity contribution in [2.45, 2.75) is 13.8 Å². The minimum atomic E-state index is -0.480. The SMILES string of the molecule is Cc1ccc(F)c(C(=O)c2ccc(Br)c(C)c2)c1. The number of rotatable bonds is 2. The Balaban J connectivity index is 2.47. The fourth-order valence-corrected chi connectivity index (χ4v) is 2.00. The molecule has 0 saturated heterocycles. The predicted octanol–water partition coefficient (Wildman–Crippen LogP) is 4.44. The zero-order valence-corrected chi connectivity index (χ0v) is 11.7. The number of halogens is 2. The van der Waals surface area contributed by atoms with E-state index in [4.69, 9.17) is 0 Å². The molecule has 0 aliphatic heterocycles. The Morgan fingerprint density at radius 2 is 1.83 bits per heavy atom. The van der Waals surface area contributed by atoms with Gasteiger partial charge in [0.1, 0.15) is 5.82 Å². The summed E-state index contributed by atoms with van der Waals surface area (Å²) in [6.45, 7) is 3.73. The minimum absolute atomic E-state index is 0.122. The van der Waals surface area contributed by atoms with Gasteiger partial charge in [-0.2, -0.15) is 0 Å². The van der Waals surface area contributed by atoms with Gasteiger partial charge in [-0.3, -0.25) is 4.79 Å². The van der Waals surface area contributed by atoms with Crippen molar-refractivity contribution in [3.05, 3.63) is 68.9 Å². The lowest BCUT2D eigenvalue weighted by Crippen LogP contribution is -2.05. The maximum Gasteiger partial charge on any atom is 0.195 e. The van der Waals surface area contributed by atoms with Crippen LogP contribution >= 0.6 is 15.9 Å². The molecule has 0 heterocycles. The van der Waals surface area contributed by atoms with Crippen LogP contribution < -0.4 is 0 Å². The predicted molar refractivity (Wildman–Crippen MR) is 73.4 cm³/mol. The lowest BCUT2D eigenvalue weighted by molar-refractivity contribution is 0.103. The first-order chi connectivity index (χ1) is 8.49. The highest BCUT2D eigenvalue weighted by Gasteiger charge is 2.14. The molecule has 0 fully saturated rings. The van der Waals surface area contributed by atoms with Crippen molar-refractivity contribution in [1.82, 2.24) is 0 Å². The summed E-state index contributed by atoms with van der Waals surface area (Å²) in [6.07, 6.45) is 0. The average molecular weight is 307 g/mol. The van der Waals surface area contributed by atoms with E-state index >= 15 is 0 Å². The summed E-state index contributed by atoms with van der Waals surface area (Å²) >= 11 is 3.38. The standard InChI is InChI=1S/C15H12BrFO/c1-9-3-6-14(17)12(7-9)15(18)11-4-5-13(16)10(2)8-11/h3-8H,1-2H3. The van der Waals surface area contributed by atoms with E-state index in [0.29, 0.717) is 5.56 Å². The lowest BCUT2D eigenvalue weighted by Gasteiger charge is -2.06. The Morgan fingerprint density at radius 3 is 2.50 bits per heavy atom. The monoisotopic (exact) mass is 306 g/mol. The molecule has 0 aliphatic rings. The van der Waals surface area contributed by atoms with E-state index in [2.05, 4.69) is 15.9 Å². The van der Waals surface area contributed by atoms with Crippen LogP contribution in [0.1, 0.15) is 27.0 Å². The van der Waals surface area contributed by atoms with E-state index < -0.39 is 5.82 Å². The summed E-state index contributed by atoms with van der Waals surface area (Å²) in [5, 5.41) is 0. The van der Waals surface area contributed by atoms with Gasteiger partial charge in [-0.15, -0.1) is 0 Å². The highest BCUT2D eigenvalue weighted by molar-refractivity contribution is 9.10. The maximum absolute atomic E-state index is 13.7. The number of benzene rings is 2. The van der Waals surface area contributed by atoms with Gasteiger partial charge in [-0.05, 0) is 49.7 Å². The summed E-state index contributed by atoms with van der Waals surface area (Å²) in [5.41, 5.74) is 2.44. The minimum Gasteiger partial charge on any atom is -0.288 e. The van der Waals surface area contributed by atoms with Gasteiger partial charge in [0.25, 0.3) is 0 Å². The first-order valence-electron chi connectivity index (χ1n) is 5.56. The second-order valence-corrected chi connectivity index (χ2v) is 5.13. The van der Waals surface area contributed by atoms with Crippen LogP contribution in [0.5, 0.6) is 0 Å². The van der Waals surface area contributed by atoms with Gasteiger partial charge in [0.05, 0.1) is 5.56 Å². The van der Waals surface area contributed by atoms with E-state index in [9.17, 15) is 9.18 Å². The molecule has 0 radical (unpaired) electrons. The summed E-state index contributed by atoms with van der Waals surface area (Å²) in [7, 11) is 0. The molecule has 0 atom stereocenters. The molecule has 2 rings (SSSR count). The largest absolute Gasteiger partial charge is 0.288 e. The third-order valence-electron chi connectivity index (χ3n) is 2.79. The molecule has 1 nitrogen and oxygen atoms in total. The molecule has 2 aromatic rings. The molecule has 0 amide bonds. The third-order valence-corrected chi connectivity index (χ3v) is 3.68. The Hall–Kier alpha value is -1.48. The second kappa shape index (κ2) is 5.02. The number of carbonyl (C=O) groups excluding carboxylic acids is 1. The van der Waals surface area contributed by atoms with Crippen molar-refractivity contribution >= 4 is 21.7 Å². The molecule has 0 spiro atoms. The molecule has 2 aromatic carbocycles. The van der Waals surface area contributed by atoms with Gasteiger partial charge in [-0.25, -0.2) is 4.39 Å². The summed E-state index contributed by atoms with van der Waals surface area (Å²) in [6, 6.07) is 9.81. The highest BCUT2D eigenvalue weighted by Crippen LogP contribution is 2.20. The molecule has 0 N–H and O–H groups in total. The van der Waals surface area contributed by atoms with Crippen LogP contribution in [0.25, 0.3) is 0 Å². The summed E-state index contributed by atoms with van der Waals surface area (Å²) in [4.78, 5) is 12.2. The summed E-state index contributed by atoms with van der Waals surface area (Å²) < 4.78 is 14.6. The maximum atomic E-state index is 13.7.